The van der Waals surface area contributed by atoms with E-state index in [1.807, 2.05) is 31.2 Å². The highest BCUT2D eigenvalue weighted by Gasteiger charge is 2.12. The van der Waals surface area contributed by atoms with Crippen LogP contribution in [-0.2, 0) is 0 Å². The van der Waals surface area contributed by atoms with Gasteiger partial charge in [0.1, 0.15) is 10.7 Å². The van der Waals surface area contributed by atoms with Crippen LogP contribution in [0.4, 0.5) is 0 Å². The molecule has 0 saturated carbocycles. The molecule has 0 radical (unpaired) electrons. The first-order valence-electron chi connectivity index (χ1n) is 6.05. The molecule has 5 heteroatoms. The number of aliphatic hydroxyl groups is 1. The molecule has 1 aromatic heterocycles. The zero-order valence-corrected chi connectivity index (χ0v) is 11.7. The molecule has 0 saturated heterocycles. The van der Waals surface area contributed by atoms with Crippen molar-refractivity contribution in [2.75, 3.05) is 6.54 Å². The van der Waals surface area contributed by atoms with Gasteiger partial charge in [-0.15, -0.1) is 11.3 Å². The summed E-state index contributed by atoms with van der Waals surface area (Å²) in [6, 6.07) is 7.94. The van der Waals surface area contributed by atoms with Gasteiger partial charge in [-0.1, -0.05) is 24.3 Å². The van der Waals surface area contributed by atoms with Crippen LogP contribution in [-0.4, -0.2) is 28.6 Å². The molecule has 0 bridgehead atoms. The Morgan fingerprint density at radius 2 is 2.21 bits per heavy atom. The maximum absolute atomic E-state index is 11.8. The number of nitrogens with zero attached hydrogens (tertiary/aromatic N) is 1. The lowest BCUT2D eigenvalue weighted by Crippen LogP contribution is -2.30. The summed E-state index contributed by atoms with van der Waals surface area (Å²) in [6.45, 7) is 3.88. The average Bonchev–Trinajstić information content (AvgIpc) is 2.86. The zero-order chi connectivity index (χ0) is 13.8. The van der Waals surface area contributed by atoms with Crippen molar-refractivity contribution in [2.24, 2.45) is 0 Å². The van der Waals surface area contributed by atoms with Gasteiger partial charge in [-0.25, -0.2) is 4.98 Å². The fourth-order valence-electron chi connectivity index (χ4n) is 1.65. The van der Waals surface area contributed by atoms with E-state index < -0.39 is 6.10 Å². The van der Waals surface area contributed by atoms with Crippen LogP contribution in [0.15, 0.2) is 29.6 Å². The van der Waals surface area contributed by atoms with Crippen LogP contribution < -0.4 is 5.32 Å². The van der Waals surface area contributed by atoms with Gasteiger partial charge >= 0.3 is 0 Å². The molecule has 1 amide bonds. The van der Waals surface area contributed by atoms with Gasteiger partial charge in [0, 0.05) is 17.5 Å². The van der Waals surface area contributed by atoms with E-state index in [1.165, 1.54) is 11.3 Å². The predicted octanol–water partition coefficient (Wildman–Crippen LogP) is 2.23. The molecule has 0 aliphatic carbocycles. The zero-order valence-electron chi connectivity index (χ0n) is 10.9. The summed E-state index contributed by atoms with van der Waals surface area (Å²) in [7, 11) is 0. The van der Waals surface area contributed by atoms with Crippen molar-refractivity contribution in [3.05, 3.63) is 40.9 Å². The molecule has 2 aromatic rings. The van der Waals surface area contributed by atoms with Crippen LogP contribution in [0.1, 0.15) is 23.0 Å². The Kier molecular flexibility index (Phi) is 4.29. The number of aromatic nitrogens is 1. The maximum Gasteiger partial charge on any atom is 0.270 e. The summed E-state index contributed by atoms with van der Waals surface area (Å²) in [4.78, 5) is 16.1. The van der Waals surface area contributed by atoms with Crippen LogP contribution in [0.25, 0.3) is 10.6 Å². The second-order valence-electron chi connectivity index (χ2n) is 4.41. The number of thiazole rings is 1. The number of hydrogen-bond acceptors (Lipinski definition) is 4. The standard InChI is InChI=1S/C14H16N2O2S/c1-9-5-3-4-6-11(9)14-16-12(8-19-14)13(18)15-7-10(2)17/h3-6,8,10,17H,7H2,1-2H3,(H,15,18). The minimum atomic E-state index is -0.557. The second kappa shape index (κ2) is 5.95. The van der Waals surface area contributed by atoms with E-state index in [0.29, 0.717) is 5.69 Å². The molecule has 100 valence electrons. The Labute approximate surface area is 116 Å². The SMILES string of the molecule is Cc1ccccc1-c1nc(C(=O)NCC(C)O)cs1. The molecule has 1 atom stereocenters. The molecule has 2 rings (SSSR count). The molecule has 1 unspecified atom stereocenters. The van der Waals surface area contributed by atoms with Crippen molar-refractivity contribution in [2.45, 2.75) is 20.0 Å². The van der Waals surface area contributed by atoms with Crippen molar-refractivity contribution >= 4 is 17.2 Å². The molecule has 0 fully saturated rings. The Morgan fingerprint density at radius 3 is 2.89 bits per heavy atom. The smallest absolute Gasteiger partial charge is 0.270 e. The van der Waals surface area contributed by atoms with Gasteiger partial charge in [-0.3, -0.25) is 4.79 Å². The number of hydrogen-bond donors (Lipinski definition) is 2. The molecular formula is C14H16N2O2S. The molecule has 1 aromatic carbocycles. The van der Waals surface area contributed by atoms with Gasteiger partial charge < -0.3 is 10.4 Å². The monoisotopic (exact) mass is 276 g/mol. The number of amides is 1. The van der Waals surface area contributed by atoms with E-state index in [2.05, 4.69) is 10.3 Å². The minimum Gasteiger partial charge on any atom is -0.392 e. The number of nitrogens with one attached hydrogen (secondary N) is 1. The van der Waals surface area contributed by atoms with Crippen LogP contribution in [0, 0.1) is 6.92 Å². The van der Waals surface area contributed by atoms with E-state index in [4.69, 9.17) is 5.11 Å². The summed E-state index contributed by atoms with van der Waals surface area (Å²) in [5.74, 6) is -0.253. The van der Waals surface area contributed by atoms with E-state index >= 15 is 0 Å². The van der Waals surface area contributed by atoms with E-state index in [-0.39, 0.29) is 12.5 Å². The van der Waals surface area contributed by atoms with Crippen molar-refractivity contribution in [3.63, 3.8) is 0 Å². The first-order valence-corrected chi connectivity index (χ1v) is 6.93. The van der Waals surface area contributed by atoms with E-state index in [0.717, 1.165) is 16.1 Å². The van der Waals surface area contributed by atoms with Gasteiger partial charge in [0.05, 0.1) is 6.10 Å². The van der Waals surface area contributed by atoms with E-state index in [9.17, 15) is 4.79 Å². The molecule has 19 heavy (non-hydrogen) atoms. The highest BCUT2D eigenvalue weighted by molar-refractivity contribution is 7.13. The largest absolute Gasteiger partial charge is 0.392 e. The second-order valence-corrected chi connectivity index (χ2v) is 5.27. The third kappa shape index (κ3) is 3.39. The fraction of sp³-hybridized carbons (Fsp3) is 0.286. The lowest BCUT2D eigenvalue weighted by atomic mass is 10.1. The van der Waals surface area contributed by atoms with Crippen LogP contribution in [0.5, 0.6) is 0 Å². The van der Waals surface area contributed by atoms with Crippen molar-refractivity contribution in [1.29, 1.82) is 0 Å². The first-order chi connectivity index (χ1) is 9.08. The summed E-state index contributed by atoms with van der Waals surface area (Å²) in [5.41, 5.74) is 2.57. The van der Waals surface area contributed by atoms with Gasteiger partial charge in [0.25, 0.3) is 5.91 Å². The molecule has 4 nitrogen and oxygen atoms in total. The number of carbonyl (C=O) groups excluding carboxylic acids is 1. The summed E-state index contributed by atoms with van der Waals surface area (Å²) in [5, 5.41) is 14.3. The lowest BCUT2D eigenvalue weighted by Gasteiger charge is -2.04. The molecule has 0 aliphatic heterocycles. The van der Waals surface area contributed by atoms with Crippen LogP contribution in [0.3, 0.4) is 0 Å². The van der Waals surface area contributed by atoms with Crippen LogP contribution >= 0.6 is 11.3 Å². The van der Waals surface area contributed by atoms with E-state index in [1.54, 1.807) is 12.3 Å². The van der Waals surface area contributed by atoms with Crippen LogP contribution in [0.2, 0.25) is 0 Å². The Bertz CT molecular complexity index is 578. The first kappa shape index (κ1) is 13.7. The van der Waals surface area contributed by atoms with Gasteiger partial charge in [-0.2, -0.15) is 0 Å². The van der Waals surface area contributed by atoms with Gasteiger partial charge in [0.15, 0.2) is 0 Å². The molecule has 1 heterocycles. The van der Waals surface area contributed by atoms with Gasteiger partial charge in [-0.05, 0) is 19.4 Å². The Balaban J connectivity index is 2.15. The quantitative estimate of drug-likeness (QED) is 0.900. The molecule has 0 aliphatic rings. The number of aryl methyl sites for hydroxylation is 1. The molecular weight excluding hydrogens is 260 g/mol. The number of carbonyl (C=O) groups is 1. The average molecular weight is 276 g/mol. The Hall–Kier alpha value is -1.72. The highest BCUT2D eigenvalue weighted by atomic mass is 32.1. The third-order valence-electron chi connectivity index (χ3n) is 2.67. The number of rotatable bonds is 4. The topological polar surface area (TPSA) is 62.2 Å². The summed E-state index contributed by atoms with van der Waals surface area (Å²) < 4.78 is 0. The minimum absolute atomic E-state index is 0.232. The van der Waals surface area contributed by atoms with Crippen molar-refractivity contribution < 1.29 is 9.90 Å². The number of benzene rings is 1. The highest BCUT2D eigenvalue weighted by Crippen LogP contribution is 2.26. The van der Waals surface area contributed by atoms with Crippen molar-refractivity contribution in [1.82, 2.24) is 10.3 Å². The predicted molar refractivity (Wildman–Crippen MR) is 76.3 cm³/mol. The molecule has 0 spiro atoms. The number of aliphatic hydroxyl groups excluding tert-OH is 1. The Morgan fingerprint density at radius 1 is 1.47 bits per heavy atom. The normalized spacial score (nSPS) is 12.2. The summed E-state index contributed by atoms with van der Waals surface area (Å²) in [6.07, 6.45) is -0.557. The van der Waals surface area contributed by atoms with Crippen molar-refractivity contribution in [3.8, 4) is 10.6 Å². The maximum atomic E-state index is 11.8. The lowest BCUT2D eigenvalue weighted by molar-refractivity contribution is 0.0920. The molecule has 2 N–H and O–H groups in total. The fourth-order valence-corrected chi connectivity index (χ4v) is 2.54. The third-order valence-corrected chi connectivity index (χ3v) is 3.55. The summed E-state index contributed by atoms with van der Waals surface area (Å²) >= 11 is 1.44. The van der Waals surface area contributed by atoms with Gasteiger partial charge in [0.2, 0.25) is 0 Å².